The number of carbonyl (C=O) groups is 1. The summed E-state index contributed by atoms with van der Waals surface area (Å²) in [6, 6.07) is 8.28. The van der Waals surface area contributed by atoms with E-state index in [1.54, 1.807) is 12.1 Å². The number of nitrogens with one attached hydrogen (secondary N) is 1. The highest BCUT2D eigenvalue weighted by molar-refractivity contribution is 6.32. The van der Waals surface area contributed by atoms with Gasteiger partial charge in [-0.3, -0.25) is 14.9 Å². The molecule has 0 saturated carbocycles. The molecule has 0 aliphatic rings. The molecule has 2 rings (SSSR count). The summed E-state index contributed by atoms with van der Waals surface area (Å²) in [5, 5.41) is 12.9. The second-order valence-electron chi connectivity index (χ2n) is 4.75. The Morgan fingerprint density at radius 3 is 2.52 bits per heavy atom. The van der Waals surface area contributed by atoms with Gasteiger partial charge in [-0.05, 0) is 18.2 Å². The van der Waals surface area contributed by atoms with Gasteiger partial charge < -0.3 is 10.1 Å². The van der Waals surface area contributed by atoms with Gasteiger partial charge in [0.05, 0.1) is 21.2 Å². The van der Waals surface area contributed by atoms with Crippen molar-refractivity contribution in [2.24, 2.45) is 0 Å². The van der Waals surface area contributed by atoms with Gasteiger partial charge in [-0.25, -0.2) is 0 Å². The maximum atomic E-state index is 13.0. The first kappa shape index (κ1) is 18.5. The van der Waals surface area contributed by atoms with Crippen LogP contribution in [0.2, 0.25) is 5.02 Å². The average molecular weight is 375 g/mol. The second kappa shape index (κ2) is 7.39. The van der Waals surface area contributed by atoms with Crippen molar-refractivity contribution in [3.63, 3.8) is 0 Å². The van der Waals surface area contributed by atoms with E-state index in [1.807, 2.05) is 5.32 Å². The molecule has 0 aromatic heterocycles. The number of nitro groups is 1. The standard InChI is InChI=1S/C15H10ClF3N2O4/c16-11-3-1-2-4-13(11)25-8-14(22)20-12-6-5-9(21(23)24)7-10(12)15(17,18)19/h1-7H,8H2,(H,20,22). The van der Waals surface area contributed by atoms with E-state index in [2.05, 4.69) is 0 Å². The van der Waals surface area contributed by atoms with Crippen LogP contribution in [0.1, 0.15) is 5.56 Å². The number of anilines is 1. The third-order valence-electron chi connectivity index (χ3n) is 2.99. The van der Waals surface area contributed by atoms with E-state index < -0.39 is 40.6 Å². The molecular weight excluding hydrogens is 365 g/mol. The van der Waals surface area contributed by atoms with Crippen molar-refractivity contribution < 1.29 is 27.6 Å². The van der Waals surface area contributed by atoms with Gasteiger partial charge in [0.2, 0.25) is 0 Å². The number of nitrogens with zero attached hydrogens (tertiary/aromatic N) is 1. The third kappa shape index (κ3) is 4.83. The highest BCUT2D eigenvalue weighted by Gasteiger charge is 2.35. The maximum Gasteiger partial charge on any atom is 0.418 e. The Labute approximate surface area is 144 Å². The topological polar surface area (TPSA) is 81.5 Å². The van der Waals surface area contributed by atoms with Crippen LogP contribution in [0.3, 0.4) is 0 Å². The van der Waals surface area contributed by atoms with Gasteiger partial charge in [0.15, 0.2) is 6.61 Å². The van der Waals surface area contributed by atoms with Crippen molar-refractivity contribution in [1.82, 2.24) is 0 Å². The van der Waals surface area contributed by atoms with Crippen LogP contribution in [-0.2, 0) is 11.0 Å². The van der Waals surface area contributed by atoms with E-state index in [-0.39, 0.29) is 10.8 Å². The number of non-ortho nitro benzene ring substituents is 1. The van der Waals surface area contributed by atoms with E-state index >= 15 is 0 Å². The number of rotatable bonds is 5. The Morgan fingerprint density at radius 2 is 1.92 bits per heavy atom. The lowest BCUT2D eigenvalue weighted by Gasteiger charge is -2.14. The summed E-state index contributed by atoms with van der Waals surface area (Å²) in [7, 11) is 0. The summed E-state index contributed by atoms with van der Waals surface area (Å²) in [6.45, 7) is -0.585. The number of carbonyl (C=O) groups excluding carboxylic acids is 1. The Balaban J connectivity index is 2.15. The summed E-state index contributed by atoms with van der Waals surface area (Å²) in [5.41, 5.74) is -2.67. The molecule has 0 heterocycles. The second-order valence-corrected chi connectivity index (χ2v) is 5.16. The zero-order valence-corrected chi connectivity index (χ0v) is 13.1. The molecule has 2 aromatic carbocycles. The number of halogens is 4. The molecule has 0 aliphatic carbocycles. The Morgan fingerprint density at radius 1 is 1.24 bits per heavy atom. The largest absolute Gasteiger partial charge is 0.482 e. The molecule has 0 bridgehead atoms. The van der Waals surface area contributed by atoms with Gasteiger partial charge in [0.25, 0.3) is 11.6 Å². The first-order chi connectivity index (χ1) is 11.7. The first-order valence-electron chi connectivity index (χ1n) is 6.71. The third-order valence-corrected chi connectivity index (χ3v) is 3.30. The molecule has 1 N–H and O–H groups in total. The van der Waals surface area contributed by atoms with E-state index in [9.17, 15) is 28.1 Å². The number of nitro benzene ring substituents is 1. The average Bonchev–Trinajstić information content (AvgIpc) is 2.53. The van der Waals surface area contributed by atoms with Gasteiger partial charge in [0.1, 0.15) is 5.75 Å². The first-order valence-corrected chi connectivity index (χ1v) is 7.09. The van der Waals surface area contributed by atoms with E-state index in [0.29, 0.717) is 6.07 Å². The van der Waals surface area contributed by atoms with Crippen LogP contribution in [0.5, 0.6) is 5.75 Å². The molecule has 0 atom stereocenters. The molecule has 0 radical (unpaired) electrons. The molecule has 10 heteroatoms. The SMILES string of the molecule is O=C(COc1ccccc1Cl)Nc1ccc([N+](=O)[O-])cc1C(F)(F)F. The highest BCUT2D eigenvalue weighted by Crippen LogP contribution is 2.37. The zero-order valence-electron chi connectivity index (χ0n) is 12.3. The maximum absolute atomic E-state index is 13.0. The molecule has 6 nitrogen and oxygen atoms in total. The van der Waals surface area contributed by atoms with Crippen molar-refractivity contribution in [3.8, 4) is 5.75 Å². The van der Waals surface area contributed by atoms with E-state index in [1.165, 1.54) is 12.1 Å². The number of ether oxygens (including phenoxy) is 1. The Hall–Kier alpha value is -2.81. The molecule has 132 valence electrons. The number of para-hydroxylation sites is 1. The number of hydrogen-bond acceptors (Lipinski definition) is 4. The van der Waals surface area contributed by atoms with Crippen molar-refractivity contribution in [2.45, 2.75) is 6.18 Å². The Bertz CT molecular complexity index is 812. The van der Waals surface area contributed by atoms with Crippen LogP contribution in [0.15, 0.2) is 42.5 Å². The minimum Gasteiger partial charge on any atom is -0.482 e. The van der Waals surface area contributed by atoms with E-state index in [4.69, 9.17) is 16.3 Å². The molecule has 0 spiro atoms. The smallest absolute Gasteiger partial charge is 0.418 e. The molecule has 0 unspecified atom stereocenters. The van der Waals surface area contributed by atoms with Crippen molar-refractivity contribution in [3.05, 3.63) is 63.2 Å². The van der Waals surface area contributed by atoms with Crippen LogP contribution in [0, 0.1) is 10.1 Å². The number of hydrogen-bond donors (Lipinski definition) is 1. The normalized spacial score (nSPS) is 11.0. The van der Waals surface area contributed by atoms with Gasteiger partial charge in [-0.2, -0.15) is 13.2 Å². The fourth-order valence-corrected chi connectivity index (χ4v) is 2.07. The van der Waals surface area contributed by atoms with Gasteiger partial charge in [-0.15, -0.1) is 0 Å². The fourth-order valence-electron chi connectivity index (χ4n) is 1.88. The summed E-state index contributed by atoms with van der Waals surface area (Å²) in [4.78, 5) is 21.5. The minimum absolute atomic E-state index is 0.194. The minimum atomic E-state index is -4.88. The monoisotopic (exact) mass is 374 g/mol. The molecule has 25 heavy (non-hydrogen) atoms. The van der Waals surface area contributed by atoms with Crippen LogP contribution < -0.4 is 10.1 Å². The molecule has 1 amide bonds. The summed E-state index contributed by atoms with van der Waals surface area (Å²) < 4.78 is 44.2. The predicted molar refractivity (Wildman–Crippen MR) is 83.7 cm³/mol. The van der Waals surface area contributed by atoms with Crippen LogP contribution in [-0.4, -0.2) is 17.4 Å². The summed E-state index contributed by atoms with van der Waals surface area (Å²) >= 11 is 5.83. The quantitative estimate of drug-likeness (QED) is 0.625. The van der Waals surface area contributed by atoms with Crippen molar-refractivity contribution in [2.75, 3.05) is 11.9 Å². The number of alkyl halides is 3. The lowest BCUT2D eigenvalue weighted by atomic mass is 10.1. The van der Waals surface area contributed by atoms with Gasteiger partial charge >= 0.3 is 6.18 Å². The van der Waals surface area contributed by atoms with Crippen LogP contribution in [0.4, 0.5) is 24.5 Å². The fraction of sp³-hybridized carbons (Fsp3) is 0.133. The van der Waals surface area contributed by atoms with Crippen molar-refractivity contribution >= 4 is 28.9 Å². The lowest BCUT2D eigenvalue weighted by molar-refractivity contribution is -0.385. The van der Waals surface area contributed by atoms with Gasteiger partial charge in [-0.1, -0.05) is 23.7 Å². The zero-order chi connectivity index (χ0) is 18.6. The molecule has 0 saturated heterocycles. The van der Waals surface area contributed by atoms with Crippen LogP contribution >= 0.6 is 11.6 Å². The van der Waals surface area contributed by atoms with E-state index in [0.717, 1.165) is 12.1 Å². The summed E-state index contributed by atoms with van der Waals surface area (Å²) in [5.74, 6) is -0.682. The highest BCUT2D eigenvalue weighted by atomic mass is 35.5. The Kier molecular flexibility index (Phi) is 5.48. The molecule has 2 aromatic rings. The molecule has 0 aliphatic heterocycles. The van der Waals surface area contributed by atoms with Gasteiger partial charge in [0, 0.05) is 12.1 Å². The molecular formula is C15H10ClF3N2O4. The number of amides is 1. The number of benzene rings is 2. The lowest BCUT2D eigenvalue weighted by Crippen LogP contribution is -2.22. The molecule has 0 fully saturated rings. The van der Waals surface area contributed by atoms with Crippen LogP contribution in [0.25, 0.3) is 0 Å². The van der Waals surface area contributed by atoms with Crippen molar-refractivity contribution in [1.29, 1.82) is 0 Å². The predicted octanol–water partition coefficient (Wildman–Crippen LogP) is 4.28. The summed E-state index contributed by atoms with van der Waals surface area (Å²) in [6.07, 6.45) is -4.88.